The van der Waals surface area contributed by atoms with Crippen molar-refractivity contribution in [2.24, 2.45) is 0 Å². The van der Waals surface area contributed by atoms with Crippen LogP contribution < -0.4 is 10.1 Å². The number of carbonyl (C=O) groups excluding carboxylic acids is 2. The molecule has 3 rings (SSSR count). The lowest BCUT2D eigenvalue weighted by Crippen LogP contribution is -2.50. The van der Waals surface area contributed by atoms with Gasteiger partial charge in [0, 0.05) is 11.3 Å². The molecule has 2 aromatic carbocycles. The highest BCUT2D eigenvalue weighted by molar-refractivity contribution is 8.00. The van der Waals surface area contributed by atoms with Gasteiger partial charge in [-0.3, -0.25) is 9.59 Å². The monoisotopic (exact) mass is 398 g/mol. The van der Waals surface area contributed by atoms with Crippen molar-refractivity contribution in [2.75, 3.05) is 12.9 Å². The molecular formula is C22H26N2O3S. The number of hydrogen-bond acceptors (Lipinski definition) is 4. The summed E-state index contributed by atoms with van der Waals surface area (Å²) < 4.78 is 5.17. The van der Waals surface area contributed by atoms with Gasteiger partial charge in [-0.15, -0.1) is 11.8 Å². The fraction of sp³-hybridized carbons (Fsp3) is 0.364. The van der Waals surface area contributed by atoms with Gasteiger partial charge in [0.1, 0.15) is 11.8 Å². The zero-order valence-corrected chi connectivity index (χ0v) is 17.2. The van der Waals surface area contributed by atoms with Crippen LogP contribution in [0.5, 0.6) is 5.75 Å². The Labute approximate surface area is 170 Å². The van der Waals surface area contributed by atoms with E-state index in [4.69, 9.17) is 4.74 Å². The highest BCUT2D eigenvalue weighted by Crippen LogP contribution is 2.33. The Kier molecular flexibility index (Phi) is 6.62. The van der Waals surface area contributed by atoms with Gasteiger partial charge in [-0.05, 0) is 43.2 Å². The first kappa shape index (κ1) is 20.3. The van der Waals surface area contributed by atoms with E-state index in [-0.39, 0.29) is 23.2 Å². The van der Waals surface area contributed by atoms with Gasteiger partial charge in [0.2, 0.25) is 5.91 Å². The van der Waals surface area contributed by atoms with Crippen molar-refractivity contribution in [1.82, 2.24) is 10.2 Å². The minimum atomic E-state index is -0.476. The smallest absolute Gasteiger partial charge is 0.255 e. The van der Waals surface area contributed by atoms with Crippen LogP contribution in [-0.2, 0) is 4.79 Å². The molecule has 0 aromatic heterocycles. The highest BCUT2D eigenvalue weighted by Gasteiger charge is 2.41. The molecule has 1 heterocycles. The standard InChI is InChI=1S/C22H26N2O3S/c1-4-20-24(22(26)17-10-12-18(27-3)13-11-17)19(14-28-20)21(25)23-15(2)16-8-6-5-7-9-16/h5-13,15,19-20H,4,14H2,1-3H3,(H,23,25). The van der Waals surface area contributed by atoms with Gasteiger partial charge in [-0.1, -0.05) is 37.3 Å². The summed E-state index contributed by atoms with van der Waals surface area (Å²) in [5, 5.41) is 3.07. The number of nitrogens with zero attached hydrogens (tertiary/aromatic N) is 1. The maximum atomic E-state index is 13.2. The van der Waals surface area contributed by atoms with Crippen LogP contribution in [-0.4, -0.2) is 41.0 Å². The molecule has 6 heteroatoms. The number of nitrogens with one attached hydrogen (secondary N) is 1. The van der Waals surface area contributed by atoms with Crippen LogP contribution in [0.15, 0.2) is 54.6 Å². The van der Waals surface area contributed by atoms with Crippen molar-refractivity contribution < 1.29 is 14.3 Å². The summed E-state index contributed by atoms with van der Waals surface area (Å²) in [6.07, 6.45) is 0.796. The topological polar surface area (TPSA) is 58.6 Å². The molecule has 0 spiro atoms. The van der Waals surface area contributed by atoms with Gasteiger partial charge in [-0.25, -0.2) is 0 Å². The molecule has 28 heavy (non-hydrogen) atoms. The highest BCUT2D eigenvalue weighted by atomic mass is 32.2. The van der Waals surface area contributed by atoms with E-state index in [1.807, 2.05) is 44.2 Å². The van der Waals surface area contributed by atoms with Gasteiger partial charge in [0.05, 0.1) is 18.5 Å². The molecule has 0 aliphatic carbocycles. The molecule has 1 N–H and O–H groups in total. The molecule has 3 atom stereocenters. The van der Waals surface area contributed by atoms with Crippen molar-refractivity contribution in [3.05, 3.63) is 65.7 Å². The maximum absolute atomic E-state index is 13.2. The zero-order chi connectivity index (χ0) is 20.1. The third kappa shape index (κ3) is 4.33. The number of benzene rings is 2. The van der Waals surface area contributed by atoms with E-state index in [2.05, 4.69) is 5.32 Å². The first-order valence-corrected chi connectivity index (χ1v) is 10.5. The maximum Gasteiger partial charge on any atom is 0.255 e. The minimum Gasteiger partial charge on any atom is -0.497 e. The number of carbonyl (C=O) groups is 2. The fourth-order valence-electron chi connectivity index (χ4n) is 3.37. The van der Waals surface area contributed by atoms with Crippen molar-refractivity contribution in [2.45, 2.75) is 37.7 Å². The second-order valence-corrected chi connectivity index (χ2v) is 8.00. The van der Waals surface area contributed by atoms with Crippen molar-refractivity contribution >= 4 is 23.6 Å². The lowest BCUT2D eigenvalue weighted by atomic mass is 10.1. The molecule has 148 valence electrons. The van der Waals surface area contributed by atoms with Crippen LogP contribution in [0.2, 0.25) is 0 Å². The predicted octanol–water partition coefficient (Wildman–Crippen LogP) is 3.87. The predicted molar refractivity (Wildman–Crippen MR) is 112 cm³/mol. The van der Waals surface area contributed by atoms with Gasteiger partial charge < -0.3 is 15.0 Å². The molecule has 5 nitrogen and oxygen atoms in total. The summed E-state index contributed by atoms with van der Waals surface area (Å²) in [6, 6.07) is 16.3. The van der Waals surface area contributed by atoms with Gasteiger partial charge >= 0.3 is 0 Å². The summed E-state index contributed by atoms with van der Waals surface area (Å²) >= 11 is 1.66. The fourth-order valence-corrected chi connectivity index (χ4v) is 4.73. The van der Waals surface area contributed by atoms with Crippen molar-refractivity contribution in [1.29, 1.82) is 0 Å². The molecule has 1 aliphatic heterocycles. The van der Waals surface area contributed by atoms with E-state index >= 15 is 0 Å². The van der Waals surface area contributed by atoms with E-state index in [0.717, 1.165) is 12.0 Å². The quantitative estimate of drug-likeness (QED) is 0.803. The lowest BCUT2D eigenvalue weighted by Gasteiger charge is -2.29. The summed E-state index contributed by atoms with van der Waals surface area (Å²) in [5.41, 5.74) is 1.61. The Hall–Kier alpha value is -2.47. The third-order valence-electron chi connectivity index (χ3n) is 4.97. The Morgan fingerprint density at radius 1 is 1.18 bits per heavy atom. The molecule has 2 aromatic rings. The van der Waals surface area contributed by atoms with Crippen molar-refractivity contribution in [3.63, 3.8) is 0 Å². The van der Waals surface area contributed by atoms with Crippen LogP contribution >= 0.6 is 11.8 Å². The molecule has 1 saturated heterocycles. The SMILES string of the molecule is CCC1SCC(C(=O)NC(C)c2ccccc2)N1C(=O)c1ccc(OC)cc1. The van der Waals surface area contributed by atoms with E-state index in [1.54, 1.807) is 48.0 Å². The molecular weight excluding hydrogens is 372 g/mol. The number of amides is 2. The average molecular weight is 399 g/mol. The summed E-state index contributed by atoms with van der Waals surface area (Å²) in [6.45, 7) is 4.00. The third-order valence-corrected chi connectivity index (χ3v) is 6.43. The first-order valence-electron chi connectivity index (χ1n) is 9.48. The summed E-state index contributed by atoms with van der Waals surface area (Å²) in [5.74, 6) is 1.08. The summed E-state index contributed by atoms with van der Waals surface area (Å²) in [7, 11) is 1.59. The Balaban J connectivity index is 1.77. The minimum absolute atomic E-state index is 0.00242. The summed E-state index contributed by atoms with van der Waals surface area (Å²) in [4.78, 5) is 27.9. The molecule has 0 saturated carbocycles. The molecule has 0 radical (unpaired) electrons. The zero-order valence-electron chi connectivity index (χ0n) is 16.4. The second kappa shape index (κ2) is 9.15. The van der Waals surface area contributed by atoms with E-state index in [0.29, 0.717) is 17.1 Å². The molecule has 0 bridgehead atoms. The second-order valence-electron chi connectivity index (χ2n) is 6.79. The molecule has 3 unspecified atom stereocenters. The molecule has 1 aliphatic rings. The van der Waals surface area contributed by atoms with Crippen LogP contribution in [0.4, 0.5) is 0 Å². The Morgan fingerprint density at radius 2 is 1.86 bits per heavy atom. The van der Waals surface area contributed by atoms with E-state index < -0.39 is 6.04 Å². The Morgan fingerprint density at radius 3 is 2.46 bits per heavy atom. The largest absolute Gasteiger partial charge is 0.497 e. The van der Waals surface area contributed by atoms with Gasteiger partial charge in [-0.2, -0.15) is 0 Å². The van der Waals surface area contributed by atoms with Crippen LogP contribution in [0.3, 0.4) is 0 Å². The number of rotatable bonds is 6. The number of thioether (sulfide) groups is 1. The lowest BCUT2D eigenvalue weighted by molar-refractivity contribution is -0.125. The van der Waals surface area contributed by atoms with Crippen molar-refractivity contribution in [3.8, 4) is 5.75 Å². The van der Waals surface area contributed by atoms with E-state index in [1.165, 1.54) is 0 Å². The molecule has 1 fully saturated rings. The number of methoxy groups -OCH3 is 1. The van der Waals surface area contributed by atoms with Crippen LogP contribution in [0.25, 0.3) is 0 Å². The molecule has 2 amide bonds. The normalized spacial score (nSPS) is 19.9. The van der Waals surface area contributed by atoms with Crippen LogP contribution in [0, 0.1) is 0 Å². The average Bonchev–Trinajstić information content (AvgIpc) is 3.18. The van der Waals surface area contributed by atoms with Crippen LogP contribution in [0.1, 0.15) is 42.2 Å². The number of ether oxygens (including phenoxy) is 1. The Bertz CT molecular complexity index is 810. The van der Waals surface area contributed by atoms with Gasteiger partial charge in [0.15, 0.2) is 0 Å². The van der Waals surface area contributed by atoms with Gasteiger partial charge in [0.25, 0.3) is 5.91 Å². The van der Waals surface area contributed by atoms with E-state index in [9.17, 15) is 9.59 Å². The number of hydrogen-bond donors (Lipinski definition) is 1. The first-order chi connectivity index (χ1) is 13.5.